The summed E-state index contributed by atoms with van der Waals surface area (Å²) >= 11 is 0. The number of hydrogen-bond acceptors (Lipinski definition) is 2. The molecule has 1 rings (SSSR count). The van der Waals surface area contributed by atoms with Crippen LogP contribution in [0.2, 0.25) is 0 Å². The van der Waals surface area contributed by atoms with E-state index in [0.717, 1.165) is 12.3 Å². The molecule has 0 aromatic heterocycles. The zero-order valence-electron chi connectivity index (χ0n) is 9.64. The molecule has 0 bridgehead atoms. The van der Waals surface area contributed by atoms with E-state index in [1.54, 1.807) is 0 Å². The van der Waals surface area contributed by atoms with Gasteiger partial charge in [-0.25, -0.2) is 0 Å². The fraction of sp³-hybridized carbons (Fsp3) is 0.818. The van der Waals surface area contributed by atoms with Crippen molar-refractivity contribution in [2.24, 2.45) is 5.41 Å². The van der Waals surface area contributed by atoms with Crippen LogP contribution in [0.5, 0.6) is 0 Å². The van der Waals surface area contributed by atoms with Crippen LogP contribution in [0.15, 0.2) is 11.8 Å². The topological polar surface area (TPSA) is 12.5 Å². The molecule has 76 valence electrons. The molecule has 13 heavy (non-hydrogen) atoms. The monoisotopic (exact) mass is 183 g/mol. The lowest BCUT2D eigenvalue weighted by Crippen LogP contribution is -2.39. The predicted molar refractivity (Wildman–Crippen MR) is 55.1 cm³/mol. The van der Waals surface area contributed by atoms with Gasteiger partial charge in [-0.2, -0.15) is 0 Å². The molecule has 0 atom stereocenters. The van der Waals surface area contributed by atoms with E-state index in [0.29, 0.717) is 0 Å². The van der Waals surface area contributed by atoms with E-state index >= 15 is 0 Å². The molecule has 0 aliphatic carbocycles. The van der Waals surface area contributed by atoms with Gasteiger partial charge in [-0.3, -0.25) is 0 Å². The highest BCUT2D eigenvalue weighted by molar-refractivity contribution is 5.07. The maximum Gasteiger partial charge on any atom is 0.127 e. The Hall–Kier alpha value is -0.500. The fourth-order valence-electron chi connectivity index (χ4n) is 1.21. The minimum atomic E-state index is 0.0868. The van der Waals surface area contributed by atoms with Crippen LogP contribution in [0.1, 0.15) is 41.5 Å². The van der Waals surface area contributed by atoms with Crippen molar-refractivity contribution in [1.29, 1.82) is 0 Å². The summed E-state index contributed by atoms with van der Waals surface area (Å²) < 4.78 is 0. The van der Waals surface area contributed by atoms with Crippen molar-refractivity contribution in [3.05, 3.63) is 11.8 Å². The van der Waals surface area contributed by atoms with Crippen molar-refractivity contribution < 1.29 is 4.84 Å². The number of nitrogens with zero attached hydrogens (tertiary/aromatic N) is 1. The van der Waals surface area contributed by atoms with Crippen LogP contribution in [0.25, 0.3) is 0 Å². The minimum absolute atomic E-state index is 0.0868. The third-order valence-electron chi connectivity index (χ3n) is 2.14. The molecule has 0 N–H and O–H groups in total. The molecule has 0 unspecified atom stereocenters. The van der Waals surface area contributed by atoms with E-state index in [-0.39, 0.29) is 11.0 Å². The fourth-order valence-corrected chi connectivity index (χ4v) is 1.21. The second-order valence-electron chi connectivity index (χ2n) is 5.64. The Balaban J connectivity index is 2.63. The summed E-state index contributed by atoms with van der Waals surface area (Å²) in [6, 6.07) is 0. The van der Waals surface area contributed by atoms with Gasteiger partial charge in [0.15, 0.2) is 0 Å². The smallest absolute Gasteiger partial charge is 0.127 e. The maximum atomic E-state index is 5.78. The summed E-state index contributed by atoms with van der Waals surface area (Å²) in [6.07, 6.45) is 2.17. The average Bonchev–Trinajstić information content (AvgIpc) is 2.28. The van der Waals surface area contributed by atoms with Gasteiger partial charge >= 0.3 is 0 Å². The molecule has 0 saturated carbocycles. The van der Waals surface area contributed by atoms with Gasteiger partial charge in [-0.05, 0) is 26.8 Å². The Morgan fingerprint density at radius 2 is 1.69 bits per heavy atom. The first kappa shape index (κ1) is 10.6. The summed E-state index contributed by atoms with van der Waals surface area (Å²) in [4.78, 5) is 5.78. The van der Waals surface area contributed by atoms with Crippen LogP contribution in [0.4, 0.5) is 0 Å². The largest absolute Gasteiger partial charge is 0.409 e. The lowest BCUT2D eigenvalue weighted by Gasteiger charge is -2.32. The van der Waals surface area contributed by atoms with E-state index in [1.165, 1.54) is 0 Å². The van der Waals surface area contributed by atoms with Gasteiger partial charge in [0.05, 0.1) is 6.54 Å². The molecule has 2 heteroatoms. The predicted octanol–water partition coefficient (Wildman–Crippen LogP) is 2.96. The quantitative estimate of drug-likeness (QED) is 0.572. The van der Waals surface area contributed by atoms with E-state index in [4.69, 9.17) is 4.84 Å². The first-order valence-electron chi connectivity index (χ1n) is 4.87. The van der Waals surface area contributed by atoms with Crippen LogP contribution in [-0.2, 0) is 4.84 Å². The molecule has 0 fully saturated rings. The molecular formula is C11H21NO. The van der Waals surface area contributed by atoms with Crippen LogP contribution >= 0.6 is 0 Å². The number of hydrogen-bond donors (Lipinski definition) is 0. The van der Waals surface area contributed by atoms with Crippen molar-refractivity contribution in [3.8, 4) is 0 Å². The molecule has 0 aromatic carbocycles. The Bertz CT molecular complexity index is 217. The normalized spacial score (nSPS) is 20.0. The summed E-state index contributed by atoms with van der Waals surface area (Å²) in [6.45, 7) is 13.9. The zero-order chi connectivity index (χ0) is 10.3. The standard InChI is InChI=1S/C11H21NO/c1-10(2,3)9-7-8-12(13-9)11(4,5)6/h7H,8H2,1-6H3. The first-order valence-corrected chi connectivity index (χ1v) is 4.87. The maximum absolute atomic E-state index is 5.78. The van der Waals surface area contributed by atoms with E-state index in [1.807, 2.05) is 5.06 Å². The summed E-state index contributed by atoms with van der Waals surface area (Å²) in [5, 5.41) is 2.02. The Morgan fingerprint density at radius 1 is 1.15 bits per heavy atom. The molecular weight excluding hydrogens is 162 g/mol. The minimum Gasteiger partial charge on any atom is -0.409 e. The third kappa shape index (κ3) is 2.47. The van der Waals surface area contributed by atoms with Gasteiger partial charge in [0.1, 0.15) is 5.76 Å². The second-order valence-corrected chi connectivity index (χ2v) is 5.64. The molecule has 2 nitrogen and oxygen atoms in total. The molecule has 1 aliphatic heterocycles. The van der Waals surface area contributed by atoms with Crippen molar-refractivity contribution in [2.75, 3.05) is 6.54 Å². The van der Waals surface area contributed by atoms with Crippen LogP contribution in [-0.4, -0.2) is 17.1 Å². The Kier molecular flexibility index (Phi) is 2.46. The van der Waals surface area contributed by atoms with Gasteiger partial charge in [0, 0.05) is 11.0 Å². The summed E-state index contributed by atoms with van der Waals surface area (Å²) in [5.41, 5.74) is 0.212. The molecule has 0 saturated heterocycles. The van der Waals surface area contributed by atoms with Gasteiger partial charge in [-0.15, -0.1) is 5.06 Å². The SMILES string of the molecule is CC(C)(C)C1=CCN(C(C)(C)C)O1. The van der Waals surface area contributed by atoms with Crippen molar-refractivity contribution in [1.82, 2.24) is 5.06 Å². The Labute approximate surface area is 81.5 Å². The number of allylic oxidation sites excluding steroid dienone is 1. The van der Waals surface area contributed by atoms with Gasteiger partial charge < -0.3 is 4.84 Å². The zero-order valence-corrected chi connectivity index (χ0v) is 9.64. The Morgan fingerprint density at radius 3 is 1.92 bits per heavy atom. The molecule has 0 spiro atoms. The highest BCUT2D eigenvalue weighted by Crippen LogP contribution is 2.32. The van der Waals surface area contributed by atoms with Gasteiger partial charge in [0.25, 0.3) is 0 Å². The lowest BCUT2D eigenvalue weighted by atomic mass is 9.94. The van der Waals surface area contributed by atoms with Crippen molar-refractivity contribution in [2.45, 2.75) is 47.1 Å². The highest BCUT2D eigenvalue weighted by atomic mass is 16.7. The van der Waals surface area contributed by atoms with Crippen molar-refractivity contribution >= 4 is 0 Å². The molecule has 1 heterocycles. The van der Waals surface area contributed by atoms with Gasteiger partial charge in [-0.1, -0.05) is 20.8 Å². The van der Waals surface area contributed by atoms with Crippen LogP contribution < -0.4 is 0 Å². The van der Waals surface area contributed by atoms with Crippen molar-refractivity contribution in [3.63, 3.8) is 0 Å². The van der Waals surface area contributed by atoms with E-state index in [9.17, 15) is 0 Å². The average molecular weight is 183 g/mol. The molecule has 0 amide bonds. The number of hydroxylamine groups is 2. The van der Waals surface area contributed by atoms with E-state index < -0.39 is 0 Å². The third-order valence-corrected chi connectivity index (χ3v) is 2.14. The number of rotatable bonds is 0. The van der Waals surface area contributed by atoms with E-state index in [2.05, 4.69) is 47.6 Å². The lowest BCUT2D eigenvalue weighted by molar-refractivity contribution is -0.163. The second kappa shape index (κ2) is 3.02. The van der Waals surface area contributed by atoms with Gasteiger partial charge in [0.2, 0.25) is 0 Å². The molecule has 0 radical (unpaired) electrons. The molecule has 0 aromatic rings. The molecule has 1 aliphatic rings. The highest BCUT2D eigenvalue weighted by Gasteiger charge is 2.32. The van der Waals surface area contributed by atoms with Crippen LogP contribution in [0.3, 0.4) is 0 Å². The summed E-state index contributed by atoms with van der Waals surface area (Å²) in [5.74, 6) is 1.09. The van der Waals surface area contributed by atoms with Crippen LogP contribution in [0, 0.1) is 5.41 Å². The summed E-state index contributed by atoms with van der Waals surface area (Å²) in [7, 11) is 0. The first-order chi connectivity index (χ1) is 5.71.